The summed E-state index contributed by atoms with van der Waals surface area (Å²) < 4.78 is 1.50. The van der Waals surface area contributed by atoms with Crippen LogP contribution in [-0.4, -0.2) is 60.8 Å². The zero-order valence-electron chi connectivity index (χ0n) is 17.2. The third-order valence-electron chi connectivity index (χ3n) is 5.42. The molecule has 0 aliphatic carbocycles. The molecular weight excluding hydrogens is 442 g/mol. The number of hydrogen-bond acceptors (Lipinski definition) is 7. The molecule has 1 saturated heterocycles. The van der Waals surface area contributed by atoms with Gasteiger partial charge in [-0.3, -0.25) is 4.79 Å². The number of piperidine rings is 1. The van der Waals surface area contributed by atoms with Gasteiger partial charge >= 0.3 is 5.97 Å². The monoisotopic (exact) mass is 463 g/mol. The van der Waals surface area contributed by atoms with Crippen LogP contribution in [0.2, 0.25) is 5.02 Å². The zero-order chi connectivity index (χ0) is 22.3. The molecule has 1 fully saturated rings. The Morgan fingerprint density at radius 3 is 2.77 bits per heavy atom. The summed E-state index contributed by atoms with van der Waals surface area (Å²) in [6.07, 6.45) is 2.08. The van der Waals surface area contributed by atoms with Gasteiger partial charge in [-0.25, -0.2) is 19.4 Å². The van der Waals surface area contributed by atoms with Gasteiger partial charge in [0.25, 0.3) is 5.91 Å². The summed E-state index contributed by atoms with van der Waals surface area (Å²) in [6, 6.07) is 1.62. The second-order valence-corrected chi connectivity index (χ2v) is 9.02. The maximum atomic E-state index is 12.6. The Labute approximate surface area is 187 Å². The summed E-state index contributed by atoms with van der Waals surface area (Å²) in [6.45, 7) is 5.15. The quantitative estimate of drug-likeness (QED) is 0.530. The number of anilines is 1. The summed E-state index contributed by atoms with van der Waals surface area (Å²) >= 11 is 7.17. The highest BCUT2D eigenvalue weighted by atomic mass is 35.5. The van der Waals surface area contributed by atoms with E-state index in [1.807, 2.05) is 6.92 Å². The molecule has 0 radical (unpaired) electrons. The Kier molecular flexibility index (Phi) is 5.71. The molecule has 0 saturated carbocycles. The van der Waals surface area contributed by atoms with Crippen molar-refractivity contribution in [1.29, 1.82) is 0 Å². The summed E-state index contributed by atoms with van der Waals surface area (Å²) in [7, 11) is 1.70. The van der Waals surface area contributed by atoms with Crippen LogP contribution in [0.25, 0.3) is 11.5 Å². The van der Waals surface area contributed by atoms with Crippen molar-refractivity contribution in [3.63, 3.8) is 0 Å². The normalized spacial score (nSPS) is 18.9. The van der Waals surface area contributed by atoms with Crippen molar-refractivity contribution < 1.29 is 14.7 Å². The molecule has 10 nitrogen and oxygen atoms in total. The van der Waals surface area contributed by atoms with E-state index in [2.05, 4.69) is 37.2 Å². The molecule has 4 heterocycles. The van der Waals surface area contributed by atoms with E-state index in [0.717, 1.165) is 17.0 Å². The maximum absolute atomic E-state index is 12.6. The first kappa shape index (κ1) is 21.3. The second-order valence-electron chi connectivity index (χ2n) is 7.63. The highest BCUT2D eigenvalue weighted by Crippen LogP contribution is 2.34. The van der Waals surface area contributed by atoms with Gasteiger partial charge in [0.15, 0.2) is 11.0 Å². The summed E-state index contributed by atoms with van der Waals surface area (Å²) in [5, 5.41) is 17.9. The molecule has 1 aliphatic heterocycles. The topological polar surface area (TPSA) is 129 Å². The van der Waals surface area contributed by atoms with Crippen LogP contribution in [0.5, 0.6) is 0 Å². The van der Waals surface area contributed by atoms with Gasteiger partial charge in [0.1, 0.15) is 22.6 Å². The number of halogens is 1. The van der Waals surface area contributed by atoms with E-state index < -0.39 is 5.97 Å². The number of thiazole rings is 1. The summed E-state index contributed by atoms with van der Waals surface area (Å²) in [5.41, 5.74) is 1.51. The predicted octanol–water partition coefficient (Wildman–Crippen LogP) is 2.57. The van der Waals surface area contributed by atoms with Crippen LogP contribution in [0.3, 0.4) is 0 Å². The van der Waals surface area contributed by atoms with Crippen molar-refractivity contribution in [2.45, 2.75) is 26.3 Å². The van der Waals surface area contributed by atoms with E-state index in [1.165, 1.54) is 11.0 Å². The fraction of sp³-hybridized carbons (Fsp3) is 0.421. The highest BCUT2D eigenvalue weighted by Gasteiger charge is 2.31. The number of aromatic nitrogens is 5. The van der Waals surface area contributed by atoms with Crippen molar-refractivity contribution in [3.8, 4) is 11.5 Å². The molecule has 3 N–H and O–H groups in total. The molecule has 4 rings (SSSR count). The summed E-state index contributed by atoms with van der Waals surface area (Å²) in [4.78, 5) is 38.2. The first-order valence-corrected chi connectivity index (χ1v) is 10.9. The minimum absolute atomic E-state index is 0.0109. The molecule has 0 aromatic carbocycles. The number of nitrogens with one attached hydrogen (secondary N) is 2. The van der Waals surface area contributed by atoms with Gasteiger partial charge in [0.05, 0.1) is 5.02 Å². The fourth-order valence-corrected chi connectivity index (χ4v) is 4.78. The smallest absolute Gasteiger partial charge is 0.348 e. The van der Waals surface area contributed by atoms with E-state index in [4.69, 9.17) is 11.6 Å². The van der Waals surface area contributed by atoms with E-state index in [-0.39, 0.29) is 22.7 Å². The number of aryl methyl sites for hydroxylation is 2. The Balaban J connectivity index is 1.48. The molecule has 3 aromatic rings. The largest absolute Gasteiger partial charge is 0.477 e. The van der Waals surface area contributed by atoms with Crippen molar-refractivity contribution in [2.24, 2.45) is 13.0 Å². The van der Waals surface area contributed by atoms with E-state index in [0.29, 0.717) is 46.9 Å². The third-order valence-corrected chi connectivity index (χ3v) is 6.92. The van der Waals surface area contributed by atoms with Crippen LogP contribution in [0.15, 0.2) is 12.4 Å². The van der Waals surface area contributed by atoms with E-state index >= 15 is 0 Å². The number of carboxylic acids is 1. The molecular formula is C19H22ClN7O3S. The number of amides is 1. The van der Waals surface area contributed by atoms with Gasteiger partial charge in [-0.2, -0.15) is 5.10 Å². The molecule has 3 aromatic heterocycles. The number of hydrogen-bond donors (Lipinski definition) is 3. The highest BCUT2D eigenvalue weighted by molar-refractivity contribution is 7.17. The first-order valence-electron chi connectivity index (χ1n) is 9.74. The van der Waals surface area contributed by atoms with Gasteiger partial charge in [-0.15, -0.1) is 0 Å². The van der Waals surface area contributed by atoms with Crippen molar-refractivity contribution in [2.75, 3.05) is 18.0 Å². The van der Waals surface area contributed by atoms with Gasteiger partial charge in [0.2, 0.25) is 0 Å². The minimum Gasteiger partial charge on any atom is -0.477 e. The van der Waals surface area contributed by atoms with Crippen LogP contribution in [0.1, 0.15) is 39.2 Å². The van der Waals surface area contributed by atoms with Crippen LogP contribution in [0.4, 0.5) is 5.13 Å². The predicted molar refractivity (Wildman–Crippen MR) is 117 cm³/mol. The second kappa shape index (κ2) is 8.31. The standard InChI is InChI=1S/C19H22ClN7O3S/c1-9-7-27(5-4-12(9)24-17(28)13-6-11(20)10(2)23-13)19-25-14(15(31-19)18(29)30)16-21-8-22-26(16)3/h6,8-9,12,23H,4-5,7H2,1-3H3,(H,24,28)(H,29,30)/t9-,12+/m0/s1. The van der Waals surface area contributed by atoms with Crippen molar-refractivity contribution in [1.82, 2.24) is 30.0 Å². The van der Waals surface area contributed by atoms with Crippen molar-refractivity contribution >= 4 is 39.9 Å². The molecule has 2 atom stereocenters. The number of aromatic carboxylic acids is 1. The average molecular weight is 464 g/mol. The SMILES string of the molecule is Cc1[nH]c(C(=O)N[C@@H]2CCN(c3nc(-c4ncnn4C)c(C(=O)O)s3)C[C@@H]2C)cc1Cl. The van der Waals surface area contributed by atoms with Crippen LogP contribution >= 0.6 is 22.9 Å². The summed E-state index contributed by atoms with van der Waals surface area (Å²) in [5.74, 6) is -0.682. The maximum Gasteiger partial charge on any atom is 0.348 e. The van der Waals surface area contributed by atoms with Gasteiger partial charge in [0, 0.05) is 31.9 Å². The van der Waals surface area contributed by atoms with Gasteiger partial charge in [-0.1, -0.05) is 29.9 Å². The molecule has 0 bridgehead atoms. The number of aromatic amines is 1. The Hall–Kier alpha value is -2.92. The number of carbonyl (C=O) groups is 2. The number of nitrogens with zero attached hydrogens (tertiary/aromatic N) is 5. The Bertz CT molecular complexity index is 1120. The van der Waals surface area contributed by atoms with E-state index in [1.54, 1.807) is 13.1 Å². The van der Waals surface area contributed by atoms with Crippen LogP contribution in [0, 0.1) is 12.8 Å². The molecule has 0 unspecified atom stereocenters. The molecule has 164 valence electrons. The fourth-order valence-electron chi connectivity index (χ4n) is 3.69. The molecule has 0 spiro atoms. The van der Waals surface area contributed by atoms with Gasteiger partial charge < -0.3 is 20.3 Å². The molecule has 1 aliphatic rings. The average Bonchev–Trinajstić information content (AvgIpc) is 3.42. The van der Waals surface area contributed by atoms with Crippen molar-refractivity contribution in [3.05, 3.63) is 33.7 Å². The lowest BCUT2D eigenvalue weighted by molar-refractivity contribution is 0.0702. The Morgan fingerprint density at radius 1 is 1.42 bits per heavy atom. The Morgan fingerprint density at radius 2 is 2.19 bits per heavy atom. The number of H-pyrrole nitrogens is 1. The third kappa shape index (κ3) is 4.15. The lowest BCUT2D eigenvalue weighted by atomic mass is 9.94. The lowest BCUT2D eigenvalue weighted by Crippen LogP contribution is -2.50. The van der Waals surface area contributed by atoms with Crippen LogP contribution < -0.4 is 10.2 Å². The zero-order valence-corrected chi connectivity index (χ0v) is 18.8. The van der Waals surface area contributed by atoms with Crippen LogP contribution in [-0.2, 0) is 7.05 Å². The van der Waals surface area contributed by atoms with Gasteiger partial charge in [-0.05, 0) is 25.3 Å². The number of carboxylic acid groups (broad SMARTS) is 1. The molecule has 12 heteroatoms. The minimum atomic E-state index is -1.04. The number of carbonyl (C=O) groups excluding carboxylic acids is 1. The number of rotatable bonds is 5. The van der Waals surface area contributed by atoms with E-state index in [9.17, 15) is 14.7 Å². The first-order chi connectivity index (χ1) is 14.7. The molecule has 31 heavy (non-hydrogen) atoms. The lowest BCUT2D eigenvalue weighted by Gasteiger charge is -2.37. The molecule has 1 amide bonds.